The molecule has 9 nitrogen and oxygen atoms in total. The molecule has 1 aliphatic heterocycles. The van der Waals surface area contributed by atoms with E-state index >= 15 is 0 Å². The molecule has 4 rings (SSSR count). The third kappa shape index (κ3) is 7.22. The average Bonchev–Trinajstić information content (AvgIpc) is 3.35. The highest BCUT2D eigenvalue weighted by atomic mass is 32.2. The minimum atomic E-state index is -0.763. The zero-order valence-electron chi connectivity index (χ0n) is 19.1. The Balaban J connectivity index is 0.000000198. The van der Waals surface area contributed by atoms with E-state index in [1.54, 1.807) is 26.4 Å². The predicted molar refractivity (Wildman–Crippen MR) is 133 cm³/mol. The molecule has 3 aromatic rings. The number of hydrogen-bond donors (Lipinski definition) is 3. The van der Waals surface area contributed by atoms with E-state index in [-0.39, 0.29) is 12.4 Å². The Labute approximate surface area is 205 Å². The van der Waals surface area contributed by atoms with Gasteiger partial charge in [-0.1, -0.05) is 24.3 Å². The molecule has 2 atom stereocenters. The maximum atomic E-state index is 13.1. The maximum Gasteiger partial charge on any atom is 0.351 e. The molecule has 2 aromatic carbocycles. The van der Waals surface area contributed by atoms with Gasteiger partial charge in [0.1, 0.15) is 28.9 Å². The number of nitrogens with zero attached hydrogens (tertiary/aromatic N) is 2. The zero-order valence-corrected chi connectivity index (χ0v) is 19.9. The standard InChI is InChI=1S/C16H16O3.C8H10FN3O3S/c1-18-15-9-13(10-16(11-15)19-2)4-3-12-5-7-14(17)8-6-12;9-4-1-12(8(14)11-7(4)10)5-3-16-6(2-13)15-5/h3-11,17H,1-2H3;1,5-6,13H,2-3H2,(H2,10,11,14)/b4-3+;/t;5-,6+/m.0/s1. The summed E-state index contributed by atoms with van der Waals surface area (Å²) in [5.41, 5.74) is 6.10. The van der Waals surface area contributed by atoms with E-state index in [1.165, 1.54) is 11.8 Å². The van der Waals surface area contributed by atoms with Crippen LogP contribution in [0.1, 0.15) is 17.4 Å². The Morgan fingerprint density at radius 1 is 1.17 bits per heavy atom. The second-order valence-electron chi connectivity index (χ2n) is 7.27. The molecule has 1 saturated heterocycles. The van der Waals surface area contributed by atoms with Crippen molar-refractivity contribution >= 4 is 29.7 Å². The fourth-order valence-electron chi connectivity index (χ4n) is 3.05. The van der Waals surface area contributed by atoms with Gasteiger partial charge in [0.15, 0.2) is 11.6 Å². The number of aliphatic hydroxyl groups excluding tert-OH is 1. The van der Waals surface area contributed by atoms with Gasteiger partial charge >= 0.3 is 5.69 Å². The Morgan fingerprint density at radius 2 is 1.80 bits per heavy atom. The van der Waals surface area contributed by atoms with E-state index in [4.69, 9.17) is 25.1 Å². The molecule has 0 spiro atoms. The van der Waals surface area contributed by atoms with Gasteiger partial charge in [0, 0.05) is 11.8 Å². The molecule has 35 heavy (non-hydrogen) atoms. The lowest BCUT2D eigenvalue weighted by Crippen LogP contribution is -2.29. The largest absolute Gasteiger partial charge is 0.508 e. The lowest BCUT2D eigenvalue weighted by molar-refractivity contribution is -0.00677. The van der Waals surface area contributed by atoms with Crippen molar-refractivity contribution in [2.24, 2.45) is 0 Å². The van der Waals surface area contributed by atoms with Crippen LogP contribution in [0.3, 0.4) is 0 Å². The SMILES string of the molecule is COc1cc(/C=C/c2ccc(O)cc2)cc(OC)c1.Nc1nc(=O)n([C@@H]2CS[C@H](CO)O2)cc1F. The molecular weight excluding hydrogens is 477 g/mol. The number of aromatic hydroxyl groups is 1. The van der Waals surface area contributed by atoms with Crippen LogP contribution in [0.2, 0.25) is 0 Å². The van der Waals surface area contributed by atoms with Gasteiger partial charge in [-0.3, -0.25) is 4.57 Å². The van der Waals surface area contributed by atoms with Crippen LogP contribution in [-0.4, -0.2) is 51.8 Å². The van der Waals surface area contributed by atoms with Crippen LogP contribution in [0, 0.1) is 5.82 Å². The zero-order chi connectivity index (χ0) is 25.4. The van der Waals surface area contributed by atoms with Crippen LogP contribution in [0.15, 0.2) is 53.5 Å². The number of nitrogens with two attached hydrogens (primary N) is 1. The first-order valence-electron chi connectivity index (χ1n) is 10.4. The molecular formula is C24H26FN3O6S. The number of benzene rings is 2. The number of aromatic nitrogens is 2. The first-order chi connectivity index (χ1) is 16.8. The number of halogens is 1. The molecule has 11 heteroatoms. The van der Waals surface area contributed by atoms with Crippen molar-refractivity contribution < 1.29 is 28.8 Å². The van der Waals surface area contributed by atoms with E-state index in [0.717, 1.165) is 33.4 Å². The van der Waals surface area contributed by atoms with Crippen LogP contribution in [-0.2, 0) is 4.74 Å². The molecule has 2 heterocycles. The normalized spacial score (nSPS) is 17.1. The van der Waals surface area contributed by atoms with E-state index in [2.05, 4.69) is 4.98 Å². The number of phenolic OH excluding ortho intramolecular Hbond substituents is 1. The van der Waals surface area contributed by atoms with Crippen LogP contribution in [0.5, 0.6) is 17.2 Å². The second kappa shape index (κ2) is 12.2. The number of anilines is 1. The fourth-order valence-corrected chi connectivity index (χ4v) is 3.98. The van der Waals surface area contributed by atoms with Crippen LogP contribution >= 0.6 is 11.8 Å². The summed E-state index contributed by atoms with van der Waals surface area (Å²) >= 11 is 1.35. The van der Waals surface area contributed by atoms with Crippen molar-refractivity contribution in [1.82, 2.24) is 9.55 Å². The number of nitrogen functional groups attached to an aromatic ring is 1. The van der Waals surface area contributed by atoms with Gasteiger partial charge in [0.25, 0.3) is 0 Å². The van der Waals surface area contributed by atoms with Crippen molar-refractivity contribution in [1.29, 1.82) is 0 Å². The minimum Gasteiger partial charge on any atom is -0.508 e. The van der Waals surface area contributed by atoms with Gasteiger partial charge in [-0.2, -0.15) is 4.98 Å². The van der Waals surface area contributed by atoms with Crippen LogP contribution < -0.4 is 20.9 Å². The summed E-state index contributed by atoms with van der Waals surface area (Å²) < 4.78 is 29.9. The number of methoxy groups -OCH3 is 2. The molecule has 0 unspecified atom stereocenters. The number of aliphatic hydroxyl groups is 1. The van der Waals surface area contributed by atoms with Crippen molar-refractivity contribution in [3.8, 4) is 17.2 Å². The number of hydrogen-bond acceptors (Lipinski definition) is 9. The molecule has 1 aromatic heterocycles. The first kappa shape index (κ1) is 26.1. The topological polar surface area (TPSA) is 129 Å². The summed E-state index contributed by atoms with van der Waals surface area (Å²) in [6.45, 7) is -0.152. The van der Waals surface area contributed by atoms with Crippen molar-refractivity contribution in [3.63, 3.8) is 0 Å². The van der Waals surface area contributed by atoms with E-state index in [9.17, 15) is 14.3 Å². The molecule has 0 saturated carbocycles. The summed E-state index contributed by atoms with van der Waals surface area (Å²) in [4.78, 5) is 14.8. The van der Waals surface area contributed by atoms with E-state index in [0.29, 0.717) is 5.75 Å². The van der Waals surface area contributed by atoms with E-state index < -0.39 is 29.0 Å². The molecule has 0 radical (unpaired) electrons. The summed E-state index contributed by atoms with van der Waals surface area (Å²) in [6.07, 6.45) is 4.29. The summed E-state index contributed by atoms with van der Waals surface area (Å²) in [6, 6.07) is 12.7. The van der Waals surface area contributed by atoms with Crippen LogP contribution in [0.4, 0.5) is 10.2 Å². The summed E-state index contributed by atoms with van der Waals surface area (Å²) in [5, 5.41) is 18.1. The molecule has 186 valence electrons. The number of rotatable bonds is 6. The third-order valence-electron chi connectivity index (χ3n) is 4.86. The predicted octanol–water partition coefficient (Wildman–Crippen LogP) is 3.12. The minimum absolute atomic E-state index is 0.152. The lowest BCUT2D eigenvalue weighted by atomic mass is 10.1. The monoisotopic (exact) mass is 503 g/mol. The third-order valence-corrected chi connectivity index (χ3v) is 5.97. The van der Waals surface area contributed by atoms with Gasteiger partial charge in [-0.25, -0.2) is 9.18 Å². The highest BCUT2D eigenvalue weighted by Gasteiger charge is 2.28. The number of ether oxygens (including phenoxy) is 3. The highest BCUT2D eigenvalue weighted by Crippen LogP contribution is 2.30. The van der Waals surface area contributed by atoms with Gasteiger partial charge in [-0.05, 0) is 35.4 Å². The van der Waals surface area contributed by atoms with Gasteiger partial charge < -0.3 is 30.2 Å². The molecule has 0 aliphatic carbocycles. The van der Waals surface area contributed by atoms with Crippen molar-refractivity contribution in [2.75, 3.05) is 32.3 Å². The van der Waals surface area contributed by atoms with Crippen LogP contribution in [0.25, 0.3) is 12.2 Å². The van der Waals surface area contributed by atoms with Gasteiger partial charge in [-0.15, -0.1) is 11.8 Å². The fraction of sp³-hybridized carbons (Fsp3) is 0.250. The Morgan fingerprint density at radius 3 is 2.37 bits per heavy atom. The summed E-state index contributed by atoms with van der Waals surface area (Å²) in [7, 11) is 3.25. The first-order valence-corrected chi connectivity index (χ1v) is 11.5. The van der Waals surface area contributed by atoms with Crippen molar-refractivity contribution in [2.45, 2.75) is 11.7 Å². The highest BCUT2D eigenvalue weighted by molar-refractivity contribution is 8.00. The number of thioether (sulfide) groups is 1. The van der Waals surface area contributed by atoms with Gasteiger partial charge in [0.05, 0.1) is 27.0 Å². The Bertz CT molecular complexity index is 1200. The Kier molecular flexibility index (Phi) is 9.12. The molecule has 1 fully saturated rings. The quantitative estimate of drug-likeness (QED) is 0.435. The lowest BCUT2D eigenvalue weighted by Gasteiger charge is -2.13. The van der Waals surface area contributed by atoms with Crippen molar-refractivity contribution in [3.05, 3.63) is 76.1 Å². The summed E-state index contributed by atoms with van der Waals surface area (Å²) in [5.74, 6) is 1.04. The Hall–Kier alpha value is -3.54. The maximum absolute atomic E-state index is 13.1. The molecule has 0 bridgehead atoms. The molecule has 0 amide bonds. The molecule has 1 aliphatic rings. The number of phenols is 1. The molecule has 4 N–H and O–H groups in total. The van der Waals surface area contributed by atoms with E-state index in [1.807, 2.05) is 42.5 Å². The average molecular weight is 504 g/mol. The smallest absolute Gasteiger partial charge is 0.351 e. The second-order valence-corrected chi connectivity index (χ2v) is 8.46. The van der Waals surface area contributed by atoms with Gasteiger partial charge in [0.2, 0.25) is 0 Å².